The van der Waals surface area contributed by atoms with Crippen LogP contribution in [-0.4, -0.2) is 60.2 Å². The molecule has 1 heterocycles. The van der Waals surface area contributed by atoms with E-state index in [2.05, 4.69) is 41.3 Å². The standard InChI is InChI=1S/C29H39ClN4O3/c1-29(2,3)20-34(17-13-26(36)32-15-11-21-5-4-6-23(30)19-21)18-16-31-14-12-22-7-9-25(35)28-24(22)8-10-27(37)33-28/h4-10,19,31,35H,11-18,20H2,1-3H3,(H,32,36)(H,33,37). The number of phenols is 1. The van der Waals surface area contributed by atoms with E-state index in [-0.39, 0.29) is 22.6 Å². The van der Waals surface area contributed by atoms with Gasteiger partial charge in [0.15, 0.2) is 0 Å². The van der Waals surface area contributed by atoms with E-state index in [0.717, 1.165) is 55.5 Å². The fourth-order valence-corrected chi connectivity index (χ4v) is 4.64. The second-order valence-electron chi connectivity index (χ2n) is 10.7. The number of pyridine rings is 1. The van der Waals surface area contributed by atoms with Gasteiger partial charge in [0, 0.05) is 55.6 Å². The number of halogens is 1. The summed E-state index contributed by atoms with van der Waals surface area (Å²) in [4.78, 5) is 29.1. The number of aromatic hydroxyl groups is 1. The van der Waals surface area contributed by atoms with Gasteiger partial charge < -0.3 is 25.6 Å². The molecule has 0 aliphatic carbocycles. The van der Waals surface area contributed by atoms with Crippen LogP contribution in [0.1, 0.15) is 38.3 Å². The van der Waals surface area contributed by atoms with E-state index < -0.39 is 0 Å². The molecule has 4 N–H and O–H groups in total. The lowest BCUT2D eigenvalue weighted by Crippen LogP contribution is -2.40. The van der Waals surface area contributed by atoms with Crippen LogP contribution < -0.4 is 16.2 Å². The molecule has 0 saturated heterocycles. The van der Waals surface area contributed by atoms with Gasteiger partial charge in [-0.2, -0.15) is 0 Å². The highest BCUT2D eigenvalue weighted by Gasteiger charge is 2.17. The van der Waals surface area contributed by atoms with Crippen LogP contribution in [0.25, 0.3) is 10.9 Å². The molecule has 7 nitrogen and oxygen atoms in total. The summed E-state index contributed by atoms with van der Waals surface area (Å²) in [6, 6.07) is 14.5. The summed E-state index contributed by atoms with van der Waals surface area (Å²) in [7, 11) is 0. The van der Waals surface area contributed by atoms with Crippen molar-refractivity contribution in [3.05, 3.63) is 75.0 Å². The number of H-pyrrole nitrogens is 1. The highest BCUT2D eigenvalue weighted by Crippen LogP contribution is 2.24. The number of hydrogen-bond acceptors (Lipinski definition) is 5. The van der Waals surface area contributed by atoms with Gasteiger partial charge >= 0.3 is 0 Å². The minimum atomic E-state index is -0.230. The molecule has 0 fully saturated rings. The zero-order valence-corrected chi connectivity index (χ0v) is 22.8. The van der Waals surface area contributed by atoms with Crippen molar-refractivity contribution in [2.45, 2.75) is 40.0 Å². The number of benzene rings is 2. The summed E-state index contributed by atoms with van der Waals surface area (Å²) in [5, 5.41) is 18.1. The minimum Gasteiger partial charge on any atom is -0.506 e. The van der Waals surface area contributed by atoms with Gasteiger partial charge in [-0.05, 0) is 60.2 Å². The number of nitrogens with zero attached hydrogens (tertiary/aromatic N) is 1. The Bertz CT molecular complexity index is 1240. The maximum absolute atomic E-state index is 12.4. The molecule has 8 heteroatoms. The van der Waals surface area contributed by atoms with Gasteiger partial charge in [0.2, 0.25) is 11.5 Å². The van der Waals surface area contributed by atoms with Crippen molar-refractivity contribution in [3.63, 3.8) is 0 Å². The summed E-state index contributed by atoms with van der Waals surface area (Å²) in [6.45, 7) is 11.2. The normalized spacial score (nSPS) is 11.8. The Labute approximate surface area is 224 Å². The first-order chi connectivity index (χ1) is 17.6. The van der Waals surface area contributed by atoms with Crippen molar-refractivity contribution in [1.82, 2.24) is 20.5 Å². The van der Waals surface area contributed by atoms with Gasteiger partial charge in [0.25, 0.3) is 0 Å². The van der Waals surface area contributed by atoms with Crippen molar-refractivity contribution in [2.24, 2.45) is 5.41 Å². The molecule has 3 aromatic rings. The van der Waals surface area contributed by atoms with Crippen LogP contribution in [0.3, 0.4) is 0 Å². The molecule has 0 atom stereocenters. The van der Waals surface area contributed by atoms with Crippen LogP contribution in [-0.2, 0) is 17.6 Å². The first-order valence-corrected chi connectivity index (χ1v) is 13.3. The number of aromatic amines is 1. The Hall–Kier alpha value is -2.87. The third-order valence-electron chi connectivity index (χ3n) is 6.12. The topological polar surface area (TPSA) is 97.5 Å². The number of carbonyl (C=O) groups is 1. The van der Waals surface area contributed by atoms with Gasteiger partial charge in [0.1, 0.15) is 5.75 Å². The Kier molecular flexibility index (Phi) is 10.6. The molecular formula is C29H39ClN4O3. The maximum Gasteiger partial charge on any atom is 0.248 e. The molecule has 0 saturated carbocycles. The molecule has 1 amide bonds. The fraction of sp³-hybridized carbons (Fsp3) is 0.448. The summed E-state index contributed by atoms with van der Waals surface area (Å²) in [5.41, 5.74) is 2.56. The average Bonchev–Trinajstić information content (AvgIpc) is 2.83. The van der Waals surface area contributed by atoms with E-state index in [4.69, 9.17) is 11.6 Å². The number of amides is 1. The first kappa shape index (κ1) is 28.7. The largest absolute Gasteiger partial charge is 0.506 e. The van der Waals surface area contributed by atoms with Gasteiger partial charge in [-0.15, -0.1) is 0 Å². The number of hydrogen-bond donors (Lipinski definition) is 4. The lowest BCUT2D eigenvalue weighted by atomic mass is 9.96. The van der Waals surface area contributed by atoms with Crippen molar-refractivity contribution in [2.75, 3.05) is 39.3 Å². The van der Waals surface area contributed by atoms with Crippen LogP contribution >= 0.6 is 11.6 Å². The molecule has 37 heavy (non-hydrogen) atoms. The predicted molar refractivity (Wildman–Crippen MR) is 151 cm³/mol. The lowest BCUT2D eigenvalue weighted by molar-refractivity contribution is -0.121. The van der Waals surface area contributed by atoms with Crippen molar-refractivity contribution >= 4 is 28.4 Å². The molecule has 0 bridgehead atoms. The highest BCUT2D eigenvalue weighted by molar-refractivity contribution is 6.30. The van der Waals surface area contributed by atoms with Crippen molar-refractivity contribution in [3.8, 4) is 5.75 Å². The van der Waals surface area contributed by atoms with Crippen LogP contribution in [0.15, 0.2) is 53.3 Å². The molecule has 0 unspecified atom stereocenters. The molecule has 1 aromatic heterocycles. The smallest absolute Gasteiger partial charge is 0.248 e. The van der Waals surface area contributed by atoms with Gasteiger partial charge in [-0.3, -0.25) is 9.59 Å². The SMILES string of the molecule is CC(C)(C)CN(CCNCCc1ccc(O)c2[nH]c(=O)ccc12)CCC(=O)NCCc1cccc(Cl)c1. The molecular weight excluding hydrogens is 488 g/mol. The Morgan fingerprint density at radius 2 is 1.84 bits per heavy atom. The number of aromatic nitrogens is 1. The van der Waals surface area contributed by atoms with Gasteiger partial charge in [0.05, 0.1) is 5.52 Å². The summed E-state index contributed by atoms with van der Waals surface area (Å²) in [6.07, 6.45) is 1.99. The first-order valence-electron chi connectivity index (χ1n) is 12.9. The Morgan fingerprint density at radius 3 is 2.59 bits per heavy atom. The van der Waals surface area contributed by atoms with E-state index in [9.17, 15) is 14.7 Å². The number of carbonyl (C=O) groups excluding carboxylic acids is 1. The van der Waals surface area contributed by atoms with Crippen molar-refractivity contribution < 1.29 is 9.90 Å². The van der Waals surface area contributed by atoms with E-state index in [0.29, 0.717) is 30.0 Å². The third kappa shape index (κ3) is 9.84. The van der Waals surface area contributed by atoms with E-state index in [1.807, 2.05) is 30.3 Å². The molecule has 0 radical (unpaired) electrons. The van der Waals surface area contributed by atoms with E-state index in [1.54, 1.807) is 12.1 Å². The van der Waals surface area contributed by atoms with E-state index in [1.165, 1.54) is 6.07 Å². The minimum absolute atomic E-state index is 0.0612. The Balaban J connectivity index is 1.42. The molecule has 200 valence electrons. The second-order valence-corrected chi connectivity index (χ2v) is 11.1. The molecule has 0 spiro atoms. The number of nitrogens with one attached hydrogen (secondary N) is 3. The summed E-state index contributed by atoms with van der Waals surface area (Å²) < 4.78 is 0. The lowest BCUT2D eigenvalue weighted by Gasteiger charge is -2.30. The highest BCUT2D eigenvalue weighted by atomic mass is 35.5. The van der Waals surface area contributed by atoms with Gasteiger partial charge in [-0.25, -0.2) is 0 Å². The average molecular weight is 527 g/mol. The van der Waals surface area contributed by atoms with Crippen molar-refractivity contribution in [1.29, 1.82) is 0 Å². The van der Waals surface area contributed by atoms with Gasteiger partial charge in [-0.1, -0.05) is 50.6 Å². The molecule has 3 rings (SSSR count). The van der Waals surface area contributed by atoms with Crippen LogP contribution in [0.4, 0.5) is 0 Å². The zero-order chi connectivity index (χ0) is 26.8. The quantitative estimate of drug-likeness (QED) is 0.251. The second kappa shape index (κ2) is 13.6. The molecule has 0 aliphatic rings. The summed E-state index contributed by atoms with van der Waals surface area (Å²) in [5.74, 6) is 0.141. The molecule has 0 aliphatic heterocycles. The van der Waals surface area contributed by atoms with E-state index >= 15 is 0 Å². The summed E-state index contributed by atoms with van der Waals surface area (Å²) >= 11 is 6.03. The predicted octanol–water partition coefficient (Wildman–Crippen LogP) is 4.12. The fourth-order valence-electron chi connectivity index (χ4n) is 4.43. The van der Waals surface area contributed by atoms with Crippen LogP contribution in [0, 0.1) is 5.41 Å². The zero-order valence-electron chi connectivity index (χ0n) is 22.1. The third-order valence-corrected chi connectivity index (χ3v) is 6.35. The monoisotopic (exact) mass is 526 g/mol. The maximum atomic E-state index is 12.4. The number of rotatable bonds is 13. The number of fused-ring (bicyclic) bond motifs is 1. The Morgan fingerprint density at radius 1 is 1.03 bits per heavy atom. The molecule has 2 aromatic carbocycles. The number of phenolic OH excluding ortho intramolecular Hbond substituents is 1. The van der Waals surface area contributed by atoms with Crippen LogP contribution in [0.5, 0.6) is 5.75 Å². The van der Waals surface area contributed by atoms with Crippen LogP contribution in [0.2, 0.25) is 5.02 Å².